The molecule has 1 aliphatic carbocycles. The molecule has 0 saturated heterocycles. The van der Waals surface area contributed by atoms with Gasteiger partial charge in [0.2, 0.25) is 0 Å². The van der Waals surface area contributed by atoms with Crippen molar-refractivity contribution in [2.75, 3.05) is 0 Å². The first-order valence-electron chi connectivity index (χ1n) is 2.39. The van der Waals surface area contributed by atoms with E-state index >= 15 is 0 Å². The second-order valence-electron chi connectivity index (χ2n) is 2.09. The van der Waals surface area contributed by atoms with E-state index in [9.17, 15) is 0 Å². The molecule has 0 bridgehead atoms. The highest BCUT2D eigenvalue weighted by atomic mass is 35.5. The van der Waals surface area contributed by atoms with Crippen LogP contribution in [0.5, 0.6) is 0 Å². The summed E-state index contributed by atoms with van der Waals surface area (Å²) in [5.41, 5.74) is 0. The summed E-state index contributed by atoms with van der Waals surface area (Å²) in [5.74, 6) is 0.201. The fourth-order valence-electron chi connectivity index (χ4n) is 0.627. The molecule has 8 heavy (non-hydrogen) atoms. The maximum absolute atomic E-state index is 5.64. The third-order valence-corrected chi connectivity index (χ3v) is 2.48. The number of hydrogen-bond donors (Lipinski definition) is 0. The maximum Gasteiger partial charge on any atom is 0.123 e. The Balaban J connectivity index is 2.37. The van der Waals surface area contributed by atoms with E-state index in [1.54, 1.807) is 0 Å². The van der Waals surface area contributed by atoms with Crippen molar-refractivity contribution >= 4 is 34.8 Å². The Hall–Kier alpha value is 0.870. The van der Waals surface area contributed by atoms with Crippen LogP contribution in [0.25, 0.3) is 0 Å². The van der Waals surface area contributed by atoms with E-state index in [1.165, 1.54) is 0 Å². The lowest BCUT2D eigenvalue weighted by atomic mass is 10.3. The molecule has 0 N–H and O–H groups in total. The van der Waals surface area contributed by atoms with Crippen molar-refractivity contribution in [2.45, 2.75) is 16.1 Å². The molecule has 47 valence electrons. The summed E-state index contributed by atoms with van der Waals surface area (Å²) in [6.45, 7) is 3.59. The minimum absolute atomic E-state index is 0.134. The van der Waals surface area contributed by atoms with E-state index in [1.807, 2.05) is 0 Å². The maximum atomic E-state index is 5.64. The summed E-state index contributed by atoms with van der Waals surface area (Å²) in [7, 11) is 0. The molecule has 1 radical (unpaired) electrons. The highest BCUT2D eigenvalue weighted by Crippen LogP contribution is 2.55. The molecule has 1 rings (SSSR count). The minimum Gasteiger partial charge on any atom is -0.123 e. The highest BCUT2D eigenvalue weighted by molar-refractivity contribution is 6.51. The second kappa shape index (κ2) is 1.93. The van der Waals surface area contributed by atoms with E-state index < -0.39 is 4.33 Å². The van der Waals surface area contributed by atoms with Gasteiger partial charge in [0.1, 0.15) is 4.33 Å². The van der Waals surface area contributed by atoms with Gasteiger partial charge < -0.3 is 0 Å². The van der Waals surface area contributed by atoms with Crippen molar-refractivity contribution in [3.8, 4) is 0 Å². The van der Waals surface area contributed by atoms with Crippen molar-refractivity contribution in [1.82, 2.24) is 0 Å². The van der Waals surface area contributed by atoms with Gasteiger partial charge in [-0.15, -0.1) is 34.8 Å². The van der Waals surface area contributed by atoms with Crippen molar-refractivity contribution < 1.29 is 0 Å². The summed E-state index contributed by atoms with van der Waals surface area (Å²) in [6.07, 6.45) is 0.785. The molecule has 2 atom stereocenters. The Bertz CT molecular complexity index is 97.8. The molecule has 1 saturated carbocycles. The van der Waals surface area contributed by atoms with Gasteiger partial charge in [-0.2, -0.15) is 0 Å². The molecule has 0 aliphatic heterocycles. The molecule has 0 nitrogen and oxygen atoms in total. The third kappa shape index (κ3) is 1.23. The molecule has 1 aliphatic rings. The lowest BCUT2D eigenvalue weighted by Crippen LogP contribution is -2.00. The Kier molecular flexibility index (Phi) is 1.69. The van der Waals surface area contributed by atoms with Crippen LogP contribution in [0.3, 0.4) is 0 Å². The quantitative estimate of drug-likeness (QED) is 0.534. The molecule has 1 fully saturated rings. The zero-order chi connectivity index (χ0) is 6.36. The van der Waals surface area contributed by atoms with E-state index in [0.29, 0.717) is 0 Å². The predicted molar refractivity (Wildman–Crippen MR) is 37.5 cm³/mol. The van der Waals surface area contributed by atoms with Crippen LogP contribution in [0, 0.1) is 12.8 Å². The average molecular weight is 172 g/mol. The summed E-state index contributed by atoms with van der Waals surface area (Å²) in [4.78, 5) is 0. The van der Waals surface area contributed by atoms with Gasteiger partial charge in [-0.1, -0.05) is 0 Å². The van der Waals surface area contributed by atoms with Crippen LogP contribution in [0.15, 0.2) is 0 Å². The molecule has 0 aromatic rings. The Morgan fingerprint density at radius 2 is 2.00 bits per heavy atom. The van der Waals surface area contributed by atoms with E-state index in [0.717, 1.165) is 6.42 Å². The standard InChI is InChI=1S/C5H6Cl3/c1-3(6)4-2-5(4,7)8/h3-4H,1-2H2. The van der Waals surface area contributed by atoms with Crippen molar-refractivity contribution in [2.24, 2.45) is 5.92 Å². The van der Waals surface area contributed by atoms with Crippen molar-refractivity contribution in [3.05, 3.63) is 6.92 Å². The number of alkyl halides is 3. The smallest absolute Gasteiger partial charge is 0.123 e. The van der Waals surface area contributed by atoms with Gasteiger partial charge >= 0.3 is 0 Å². The zero-order valence-corrected chi connectivity index (χ0v) is 6.47. The summed E-state index contributed by atoms with van der Waals surface area (Å²) >= 11 is 16.9. The monoisotopic (exact) mass is 171 g/mol. The normalized spacial score (nSPS) is 36.8. The van der Waals surface area contributed by atoms with Crippen molar-refractivity contribution in [1.29, 1.82) is 0 Å². The first kappa shape index (κ1) is 6.98. The number of halogens is 3. The van der Waals surface area contributed by atoms with Gasteiger partial charge in [0, 0.05) is 11.3 Å². The predicted octanol–water partition coefficient (Wildman–Crippen LogP) is 2.62. The third-order valence-electron chi connectivity index (χ3n) is 1.31. The first-order valence-corrected chi connectivity index (χ1v) is 3.58. The van der Waals surface area contributed by atoms with E-state index in [4.69, 9.17) is 34.8 Å². The molecular formula is C5H6Cl3. The average Bonchev–Trinajstić information content (AvgIpc) is 2.13. The van der Waals surface area contributed by atoms with Gasteiger partial charge in [-0.05, 0) is 13.3 Å². The van der Waals surface area contributed by atoms with Crippen LogP contribution < -0.4 is 0 Å². The lowest BCUT2D eigenvalue weighted by molar-refractivity contribution is 0.855. The Morgan fingerprint density at radius 3 is 2.00 bits per heavy atom. The van der Waals surface area contributed by atoms with Crippen molar-refractivity contribution in [3.63, 3.8) is 0 Å². The summed E-state index contributed by atoms with van der Waals surface area (Å²) in [5, 5.41) is -0.134. The highest BCUT2D eigenvalue weighted by Gasteiger charge is 2.53. The second-order valence-corrected chi connectivity index (χ2v) is 4.19. The van der Waals surface area contributed by atoms with Crippen LogP contribution in [-0.4, -0.2) is 9.71 Å². The van der Waals surface area contributed by atoms with Gasteiger partial charge in [-0.25, -0.2) is 0 Å². The summed E-state index contributed by atoms with van der Waals surface area (Å²) < 4.78 is -0.561. The molecular weight excluding hydrogens is 166 g/mol. The van der Waals surface area contributed by atoms with Gasteiger partial charge in [0.25, 0.3) is 0 Å². The van der Waals surface area contributed by atoms with Gasteiger partial charge in [-0.3, -0.25) is 0 Å². The molecule has 0 heterocycles. The first-order chi connectivity index (χ1) is 3.54. The minimum atomic E-state index is -0.561. The van der Waals surface area contributed by atoms with Crippen LogP contribution >= 0.6 is 34.8 Å². The topological polar surface area (TPSA) is 0 Å². The largest absolute Gasteiger partial charge is 0.123 e. The number of hydrogen-bond acceptors (Lipinski definition) is 0. The van der Waals surface area contributed by atoms with Crippen LogP contribution in [0.2, 0.25) is 0 Å². The fourth-order valence-corrected chi connectivity index (χ4v) is 1.70. The molecule has 0 amide bonds. The number of rotatable bonds is 1. The van der Waals surface area contributed by atoms with Gasteiger partial charge in [0.05, 0.1) is 0 Å². The molecule has 0 spiro atoms. The molecule has 0 aromatic carbocycles. The lowest BCUT2D eigenvalue weighted by Gasteiger charge is -1.98. The SMILES string of the molecule is [CH2]C(Cl)C1CC1(Cl)Cl. The zero-order valence-electron chi connectivity index (χ0n) is 4.20. The van der Waals surface area contributed by atoms with Crippen LogP contribution in [0.4, 0.5) is 0 Å². The van der Waals surface area contributed by atoms with E-state index in [-0.39, 0.29) is 11.3 Å². The Morgan fingerprint density at radius 1 is 1.62 bits per heavy atom. The van der Waals surface area contributed by atoms with Gasteiger partial charge in [0.15, 0.2) is 0 Å². The van der Waals surface area contributed by atoms with Crippen LogP contribution in [-0.2, 0) is 0 Å². The Labute approximate surface area is 64.1 Å². The fraction of sp³-hybridized carbons (Fsp3) is 0.800. The molecule has 3 heteroatoms. The molecule has 2 unspecified atom stereocenters. The van der Waals surface area contributed by atoms with E-state index in [2.05, 4.69) is 6.92 Å². The van der Waals surface area contributed by atoms with Crippen LogP contribution in [0.1, 0.15) is 6.42 Å². The summed E-state index contributed by atoms with van der Waals surface area (Å²) in [6, 6.07) is 0. The molecule has 0 aromatic heterocycles.